The summed E-state index contributed by atoms with van der Waals surface area (Å²) in [6.07, 6.45) is 5.79. The summed E-state index contributed by atoms with van der Waals surface area (Å²) in [5, 5.41) is 17.7. The smallest absolute Gasteiger partial charge is 0.326 e. The summed E-state index contributed by atoms with van der Waals surface area (Å²) in [5.74, 6) is -2.11. The van der Waals surface area contributed by atoms with Crippen LogP contribution >= 0.6 is 11.8 Å². The molecule has 2 aromatic rings. The van der Waals surface area contributed by atoms with Gasteiger partial charge in [0.1, 0.15) is 18.1 Å². The first kappa shape index (κ1) is 30.8. The lowest BCUT2D eigenvalue weighted by atomic mass is 10.0. The van der Waals surface area contributed by atoms with Crippen LogP contribution in [0.3, 0.4) is 0 Å². The zero-order valence-electron chi connectivity index (χ0n) is 22.0. The molecule has 4 atom stereocenters. The van der Waals surface area contributed by atoms with Crippen LogP contribution in [0.4, 0.5) is 0 Å². The van der Waals surface area contributed by atoms with E-state index in [1.165, 1.54) is 18.1 Å². The maximum Gasteiger partial charge on any atom is 0.326 e. The second-order valence-electron chi connectivity index (χ2n) is 9.51. The summed E-state index contributed by atoms with van der Waals surface area (Å²) in [6, 6.07) is 4.97. The molecule has 1 heterocycles. The number of aliphatic carboxylic acids is 1. The number of thioether (sulfide) groups is 1. The van der Waals surface area contributed by atoms with Gasteiger partial charge in [0.2, 0.25) is 17.7 Å². The fourth-order valence-electron chi connectivity index (χ4n) is 3.82. The normalized spacial score (nSPS) is 14.2. The number of nitrogens with two attached hydrogens (primary N) is 1. The number of carboxylic acid groups (broad SMARTS) is 1. The van der Waals surface area contributed by atoms with Crippen LogP contribution in [0.2, 0.25) is 0 Å². The fraction of sp³-hybridized carbons (Fsp3) is 0.500. The van der Waals surface area contributed by atoms with E-state index in [0.29, 0.717) is 17.9 Å². The van der Waals surface area contributed by atoms with Gasteiger partial charge < -0.3 is 31.8 Å². The van der Waals surface area contributed by atoms with Crippen molar-refractivity contribution in [1.29, 1.82) is 0 Å². The standard InChI is InChI=1S/C26H38N6O5S/c1-16(2)11-19(27)23(33)31-21(13-18-14-28-15-29-18)25(35)30-20(9-10-38-3)24(34)32-22(26(36)37)12-17-7-5-4-6-8-17/h4-8,14-16,19-22H,9-13,27H2,1-3H3,(H,28,29)(H,30,35)(H,31,33)(H,32,34)(H,36,37). The Kier molecular flexibility index (Phi) is 12.8. The summed E-state index contributed by atoms with van der Waals surface area (Å²) in [6.45, 7) is 3.89. The Morgan fingerprint density at radius 2 is 1.61 bits per heavy atom. The number of amides is 3. The summed E-state index contributed by atoms with van der Waals surface area (Å²) in [4.78, 5) is 57.9. The van der Waals surface area contributed by atoms with E-state index in [-0.39, 0.29) is 25.2 Å². The molecule has 0 bridgehead atoms. The molecule has 7 N–H and O–H groups in total. The number of nitrogens with zero attached hydrogens (tertiary/aromatic N) is 1. The topological polar surface area (TPSA) is 179 Å². The molecule has 12 heteroatoms. The Hall–Kier alpha value is -3.38. The molecule has 0 saturated carbocycles. The number of imidazole rings is 1. The first-order valence-corrected chi connectivity index (χ1v) is 13.9. The number of hydrogen-bond acceptors (Lipinski definition) is 7. The van der Waals surface area contributed by atoms with E-state index in [2.05, 4.69) is 25.9 Å². The molecular weight excluding hydrogens is 508 g/mol. The van der Waals surface area contributed by atoms with E-state index in [0.717, 1.165) is 5.56 Å². The lowest BCUT2D eigenvalue weighted by molar-refractivity contribution is -0.142. The Morgan fingerprint density at radius 3 is 2.18 bits per heavy atom. The zero-order valence-corrected chi connectivity index (χ0v) is 22.8. The summed E-state index contributed by atoms with van der Waals surface area (Å²) in [7, 11) is 0. The van der Waals surface area contributed by atoms with Crippen molar-refractivity contribution in [3.63, 3.8) is 0 Å². The summed E-state index contributed by atoms with van der Waals surface area (Å²) >= 11 is 1.49. The van der Waals surface area contributed by atoms with Gasteiger partial charge in [0.25, 0.3) is 0 Å². The van der Waals surface area contributed by atoms with Gasteiger partial charge in [-0.3, -0.25) is 14.4 Å². The quantitative estimate of drug-likeness (QED) is 0.179. The van der Waals surface area contributed by atoms with Crippen molar-refractivity contribution in [3.8, 4) is 0 Å². The SMILES string of the molecule is CSCCC(NC(=O)C(Cc1cnc[nH]1)NC(=O)C(N)CC(C)C)C(=O)NC(Cc1ccccc1)C(=O)O. The van der Waals surface area contributed by atoms with Crippen LogP contribution in [0, 0.1) is 5.92 Å². The number of benzene rings is 1. The van der Waals surface area contributed by atoms with Crippen molar-refractivity contribution in [2.24, 2.45) is 11.7 Å². The maximum atomic E-state index is 13.3. The monoisotopic (exact) mass is 546 g/mol. The first-order chi connectivity index (χ1) is 18.1. The van der Waals surface area contributed by atoms with Gasteiger partial charge in [0.15, 0.2) is 0 Å². The molecule has 208 valence electrons. The van der Waals surface area contributed by atoms with E-state index in [4.69, 9.17) is 5.73 Å². The summed E-state index contributed by atoms with van der Waals surface area (Å²) < 4.78 is 0. The van der Waals surface area contributed by atoms with Crippen molar-refractivity contribution in [1.82, 2.24) is 25.9 Å². The highest BCUT2D eigenvalue weighted by molar-refractivity contribution is 7.98. The number of aromatic amines is 1. The van der Waals surface area contributed by atoms with Crippen LogP contribution in [0.25, 0.3) is 0 Å². The van der Waals surface area contributed by atoms with E-state index in [1.54, 1.807) is 30.5 Å². The van der Waals surface area contributed by atoms with Crippen molar-refractivity contribution in [2.75, 3.05) is 12.0 Å². The Bertz CT molecular complexity index is 1030. The number of carbonyl (C=O) groups excluding carboxylic acids is 3. The third kappa shape index (κ3) is 10.5. The molecule has 11 nitrogen and oxygen atoms in total. The van der Waals surface area contributed by atoms with Gasteiger partial charge in [-0.25, -0.2) is 9.78 Å². The minimum atomic E-state index is -1.18. The highest BCUT2D eigenvalue weighted by Crippen LogP contribution is 2.08. The van der Waals surface area contributed by atoms with E-state index in [1.807, 2.05) is 26.2 Å². The number of rotatable bonds is 16. The summed E-state index contributed by atoms with van der Waals surface area (Å²) in [5.41, 5.74) is 7.38. The van der Waals surface area contributed by atoms with Crippen LogP contribution < -0.4 is 21.7 Å². The molecule has 2 rings (SSSR count). The van der Waals surface area contributed by atoms with Crippen LogP contribution in [-0.4, -0.2) is 74.9 Å². The van der Waals surface area contributed by atoms with Crippen LogP contribution in [0.1, 0.15) is 37.9 Å². The lowest BCUT2D eigenvalue weighted by Gasteiger charge is -2.25. The first-order valence-electron chi connectivity index (χ1n) is 12.5. The van der Waals surface area contributed by atoms with Gasteiger partial charge in [0.05, 0.1) is 12.4 Å². The maximum absolute atomic E-state index is 13.3. The molecule has 1 aromatic heterocycles. The van der Waals surface area contributed by atoms with Gasteiger partial charge >= 0.3 is 5.97 Å². The second-order valence-corrected chi connectivity index (χ2v) is 10.5. The number of carbonyl (C=O) groups is 4. The van der Waals surface area contributed by atoms with Gasteiger partial charge in [0, 0.05) is 24.7 Å². The van der Waals surface area contributed by atoms with Crippen LogP contribution in [0.5, 0.6) is 0 Å². The predicted octanol–water partition coefficient (Wildman–Crippen LogP) is 0.860. The van der Waals surface area contributed by atoms with Gasteiger partial charge in [-0.1, -0.05) is 44.2 Å². The Morgan fingerprint density at radius 1 is 0.974 bits per heavy atom. The highest BCUT2D eigenvalue weighted by atomic mass is 32.2. The number of hydrogen-bond donors (Lipinski definition) is 6. The molecule has 0 spiro atoms. The third-order valence-electron chi connectivity index (χ3n) is 5.81. The predicted molar refractivity (Wildman–Crippen MR) is 146 cm³/mol. The van der Waals surface area contributed by atoms with Crippen molar-refractivity contribution in [3.05, 3.63) is 54.1 Å². The molecule has 1 aromatic carbocycles. The van der Waals surface area contributed by atoms with Crippen LogP contribution in [0.15, 0.2) is 42.9 Å². The van der Waals surface area contributed by atoms with E-state index >= 15 is 0 Å². The molecule has 0 fully saturated rings. The average Bonchev–Trinajstić information content (AvgIpc) is 3.38. The van der Waals surface area contributed by atoms with Gasteiger partial charge in [-0.2, -0.15) is 11.8 Å². The molecule has 4 unspecified atom stereocenters. The largest absolute Gasteiger partial charge is 0.480 e. The van der Waals surface area contributed by atoms with E-state index in [9.17, 15) is 24.3 Å². The number of aromatic nitrogens is 2. The number of carboxylic acids is 1. The number of H-pyrrole nitrogens is 1. The minimum absolute atomic E-state index is 0.0946. The van der Waals surface area contributed by atoms with Gasteiger partial charge in [-0.05, 0) is 36.3 Å². The lowest BCUT2D eigenvalue weighted by Crippen LogP contribution is -2.58. The van der Waals surface area contributed by atoms with E-state index < -0.39 is 47.9 Å². The second kappa shape index (κ2) is 15.8. The zero-order chi connectivity index (χ0) is 28.1. The highest BCUT2D eigenvalue weighted by Gasteiger charge is 2.30. The van der Waals surface area contributed by atoms with Crippen molar-refractivity contribution < 1.29 is 24.3 Å². The molecular formula is C26H38N6O5S. The Balaban J connectivity index is 2.16. The average molecular weight is 547 g/mol. The minimum Gasteiger partial charge on any atom is -0.480 e. The van der Waals surface area contributed by atoms with Crippen LogP contribution in [-0.2, 0) is 32.0 Å². The molecule has 0 aliphatic carbocycles. The fourth-order valence-corrected chi connectivity index (χ4v) is 4.29. The molecule has 0 aliphatic rings. The molecule has 0 saturated heterocycles. The van der Waals surface area contributed by atoms with Crippen molar-refractivity contribution in [2.45, 2.75) is 63.7 Å². The Labute approximate surface area is 227 Å². The molecule has 38 heavy (non-hydrogen) atoms. The molecule has 3 amide bonds. The molecule has 0 radical (unpaired) electrons. The van der Waals surface area contributed by atoms with Crippen molar-refractivity contribution >= 4 is 35.5 Å². The molecule has 0 aliphatic heterocycles. The van der Waals surface area contributed by atoms with Gasteiger partial charge in [-0.15, -0.1) is 0 Å². The number of nitrogens with one attached hydrogen (secondary N) is 4. The third-order valence-corrected chi connectivity index (χ3v) is 6.46.